The lowest BCUT2D eigenvalue weighted by molar-refractivity contribution is -0.121. The van der Waals surface area contributed by atoms with E-state index in [-0.39, 0.29) is 12.0 Å². The Bertz CT molecular complexity index is 464. The monoisotopic (exact) mass is 278 g/mol. The van der Waals surface area contributed by atoms with E-state index in [9.17, 15) is 9.90 Å². The molecule has 1 heterocycles. The molecule has 0 saturated carbocycles. The number of piperazine rings is 1. The maximum absolute atomic E-state index is 12.3. The number of ether oxygens (including phenoxy) is 1. The van der Waals surface area contributed by atoms with Gasteiger partial charge in [-0.2, -0.15) is 0 Å². The Morgan fingerprint density at radius 3 is 2.75 bits per heavy atom. The Morgan fingerprint density at radius 1 is 1.35 bits per heavy atom. The average molecular weight is 278 g/mol. The van der Waals surface area contributed by atoms with Crippen LogP contribution in [0.4, 0.5) is 5.69 Å². The number of aliphatic hydroxyl groups is 1. The Kier molecular flexibility index (Phi) is 4.98. The van der Waals surface area contributed by atoms with Gasteiger partial charge in [-0.05, 0) is 18.6 Å². The first-order chi connectivity index (χ1) is 9.65. The predicted octanol–water partition coefficient (Wildman–Crippen LogP) is 1.11. The summed E-state index contributed by atoms with van der Waals surface area (Å²) >= 11 is 0. The van der Waals surface area contributed by atoms with Crippen LogP contribution in [-0.4, -0.2) is 55.3 Å². The summed E-state index contributed by atoms with van der Waals surface area (Å²) in [5, 5.41) is 9.67. The lowest BCUT2D eigenvalue weighted by atomic mass is 10.2. The van der Waals surface area contributed by atoms with E-state index in [1.165, 1.54) is 0 Å². The van der Waals surface area contributed by atoms with Crippen molar-refractivity contribution in [3.05, 3.63) is 24.3 Å². The van der Waals surface area contributed by atoms with Crippen LogP contribution in [0, 0.1) is 0 Å². The average Bonchev–Trinajstić information content (AvgIpc) is 2.47. The lowest BCUT2D eigenvalue weighted by Crippen LogP contribution is -2.52. The van der Waals surface area contributed by atoms with Gasteiger partial charge < -0.3 is 14.7 Å². The van der Waals surface area contributed by atoms with Crippen LogP contribution in [0.3, 0.4) is 0 Å². The molecule has 0 aliphatic carbocycles. The third kappa shape index (κ3) is 3.29. The molecule has 1 aliphatic heterocycles. The molecule has 0 unspecified atom stereocenters. The number of anilines is 1. The van der Waals surface area contributed by atoms with E-state index in [4.69, 9.17) is 4.74 Å². The van der Waals surface area contributed by atoms with Crippen molar-refractivity contribution in [2.75, 3.05) is 38.2 Å². The molecule has 1 N–H and O–H groups in total. The summed E-state index contributed by atoms with van der Waals surface area (Å²) in [6, 6.07) is 7.54. The normalized spacial score (nSPS) is 18.1. The Morgan fingerprint density at radius 2 is 2.10 bits per heavy atom. The second-order valence-electron chi connectivity index (χ2n) is 5.01. The third-order valence-corrected chi connectivity index (χ3v) is 3.62. The second-order valence-corrected chi connectivity index (χ2v) is 5.01. The molecule has 1 aromatic rings. The van der Waals surface area contributed by atoms with Gasteiger partial charge in [0, 0.05) is 19.6 Å². The van der Waals surface area contributed by atoms with Crippen LogP contribution < -0.4 is 9.64 Å². The highest BCUT2D eigenvalue weighted by molar-refractivity contribution is 5.96. The summed E-state index contributed by atoms with van der Waals surface area (Å²) in [5.74, 6) is 0.756. The smallest absolute Gasteiger partial charge is 0.241 e. The molecule has 1 amide bonds. The van der Waals surface area contributed by atoms with E-state index in [1.54, 1.807) is 12.0 Å². The zero-order chi connectivity index (χ0) is 14.5. The Labute approximate surface area is 119 Å². The molecule has 1 saturated heterocycles. The number of carbonyl (C=O) groups is 1. The zero-order valence-corrected chi connectivity index (χ0v) is 12.1. The number of para-hydroxylation sites is 2. The first-order valence-corrected chi connectivity index (χ1v) is 6.99. The minimum Gasteiger partial charge on any atom is -0.495 e. The first kappa shape index (κ1) is 14.8. The summed E-state index contributed by atoms with van der Waals surface area (Å²) in [4.78, 5) is 16.1. The number of β-amino-alcohol motifs (C(OH)–C–C–N with tert-alkyl or cyclic N) is 1. The van der Waals surface area contributed by atoms with E-state index in [1.807, 2.05) is 36.1 Å². The summed E-state index contributed by atoms with van der Waals surface area (Å²) in [7, 11) is 1.61. The quantitative estimate of drug-likeness (QED) is 0.877. The van der Waals surface area contributed by atoms with E-state index < -0.39 is 0 Å². The molecule has 0 bridgehead atoms. The van der Waals surface area contributed by atoms with Gasteiger partial charge in [-0.15, -0.1) is 0 Å². The molecule has 1 aromatic carbocycles. The molecule has 5 nitrogen and oxygen atoms in total. The Hall–Kier alpha value is -1.59. The zero-order valence-electron chi connectivity index (χ0n) is 12.1. The number of rotatable bonds is 5. The topological polar surface area (TPSA) is 53.0 Å². The molecule has 0 radical (unpaired) electrons. The number of nitrogens with zero attached hydrogens (tertiary/aromatic N) is 2. The standard InChI is InChI=1S/C15H22N2O3/c1-3-12(18)10-16-8-9-17(15(19)11-16)13-6-4-5-7-14(13)20-2/h4-7,12,18H,3,8-11H2,1-2H3/t12-/m0/s1. The fourth-order valence-electron chi connectivity index (χ4n) is 2.41. The van der Waals surface area contributed by atoms with Gasteiger partial charge in [-0.1, -0.05) is 19.1 Å². The number of carbonyl (C=O) groups excluding carboxylic acids is 1. The van der Waals surface area contributed by atoms with Crippen molar-refractivity contribution in [1.82, 2.24) is 4.90 Å². The van der Waals surface area contributed by atoms with Gasteiger partial charge in [-0.3, -0.25) is 9.69 Å². The number of methoxy groups -OCH3 is 1. The highest BCUT2D eigenvalue weighted by atomic mass is 16.5. The third-order valence-electron chi connectivity index (χ3n) is 3.62. The van der Waals surface area contributed by atoms with Gasteiger partial charge in [0.25, 0.3) is 0 Å². The number of hydrogen-bond acceptors (Lipinski definition) is 4. The van der Waals surface area contributed by atoms with Crippen LogP contribution in [0.25, 0.3) is 0 Å². The molecular weight excluding hydrogens is 256 g/mol. The van der Waals surface area contributed by atoms with Gasteiger partial charge in [0.2, 0.25) is 5.91 Å². The minimum atomic E-state index is -0.361. The van der Waals surface area contributed by atoms with Crippen molar-refractivity contribution in [1.29, 1.82) is 0 Å². The van der Waals surface area contributed by atoms with Crippen LogP contribution in [-0.2, 0) is 4.79 Å². The molecule has 20 heavy (non-hydrogen) atoms. The number of hydrogen-bond donors (Lipinski definition) is 1. The summed E-state index contributed by atoms with van der Waals surface area (Å²) in [6.07, 6.45) is 0.349. The van der Waals surface area contributed by atoms with Crippen molar-refractivity contribution in [2.24, 2.45) is 0 Å². The van der Waals surface area contributed by atoms with E-state index in [0.29, 0.717) is 31.8 Å². The van der Waals surface area contributed by atoms with Gasteiger partial charge in [-0.25, -0.2) is 0 Å². The van der Waals surface area contributed by atoms with Crippen molar-refractivity contribution >= 4 is 11.6 Å². The molecule has 110 valence electrons. The molecule has 0 aromatic heterocycles. The van der Waals surface area contributed by atoms with Gasteiger partial charge in [0.1, 0.15) is 5.75 Å². The molecule has 1 fully saturated rings. The fraction of sp³-hybridized carbons (Fsp3) is 0.533. The van der Waals surface area contributed by atoms with Crippen molar-refractivity contribution in [3.63, 3.8) is 0 Å². The first-order valence-electron chi connectivity index (χ1n) is 6.99. The number of aliphatic hydroxyl groups excluding tert-OH is 1. The second kappa shape index (κ2) is 6.72. The molecule has 5 heteroatoms. The van der Waals surface area contributed by atoms with Crippen molar-refractivity contribution in [3.8, 4) is 5.75 Å². The van der Waals surface area contributed by atoms with Gasteiger partial charge in [0.05, 0.1) is 25.4 Å². The van der Waals surface area contributed by atoms with Crippen LogP contribution in [0.2, 0.25) is 0 Å². The number of amides is 1. The van der Waals surface area contributed by atoms with Crippen LogP contribution >= 0.6 is 0 Å². The van der Waals surface area contributed by atoms with Crippen LogP contribution in [0.15, 0.2) is 24.3 Å². The van der Waals surface area contributed by atoms with E-state index in [2.05, 4.69) is 0 Å². The molecule has 0 spiro atoms. The maximum Gasteiger partial charge on any atom is 0.241 e. The molecular formula is C15H22N2O3. The van der Waals surface area contributed by atoms with E-state index >= 15 is 0 Å². The highest BCUT2D eigenvalue weighted by Crippen LogP contribution is 2.28. The number of benzene rings is 1. The van der Waals surface area contributed by atoms with Gasteiger partial charge in [0.15, 0.2) is 0 Å². The summed E-state index contributed by atoms with van der Waals surface area (Å²) in [6.45, 7) is 4.23. The summed E-state index contributed by atoms with van der Waals surface area (Å²) in [5.41, 5.74) is 0.815. The minimum absolute atomic E-state index is 0.0454. The van der Waals surface area contributed by atoms with Crippen LogP contribution in [0.1, 0.15) is 13.3 Å². The largest absolute Gasteiger partial charge is 0.495 e. The molecule has 2 rings (SSSR count). The van der Waals surface area contributed by atoms with Crippen molar-refractivity contribution in [2.45, 2.75) is 19.4 Å². The molecule has 1 aliphatic rings. The van der Waals surface area contributed by atoms with E-state index in [0.717, 1.165) is 12.2 Å². The SMILES string of the molecule is CC[C@H](O)CN1CCN(c2ccccc2OC)C(=O)C1. The predicted molar refractivity (Wildman–Crippen MR) is 78.1 cm³/mol. The lowest BCUT2D eigenvalue weighted by Gasteiger charge is -2.35. The fourth-order valence-corrected chi connectivity index (χ4v) is 2.41. The summed E-state index contributed by atoms with van der Waals surface area (Å²) < 4.78 is 5.31. The Balaban J connectivity index is 2.05. The van der Waals surface area contributed by atoms with Crippen LogP contribution in [0.5, 0.6) is 5.75 Å². The maximum atomic E-state index is 12.3. The van der Waals surface area contributed by atoms with Gasteiger partial charge >= 0.3 is 0 Å². The highest BCUT2D eigenvalue weighted by Gasteiger charge is 2.27. The molecule has 1 atom stereocenters. The van der Waals surface area contributed by atoms with Crippen molar-refractivity contribution < 1.29 is 14.6 Å².